The highest BCUT2D eigenvalue weighted by Crippen LogP contribution is 2.38. The molecule has 0 unspecified atom stereocenters. The van der Waals surface area contributed by atoms with Crippen LogP contribution in [0.25, 0.3) is 0 Å². The number of carbonyl (C=O) groups is 2. The molecule has 0 saturated heterocycles. The third kappa shape index (κ3) is 4.78. The maximum Gasteiger partial charge on any atom is 0.281 e. The van der Waals surface area contributed by atoms with Gasteiger partial charge in [0.15, 0.2) is 5.69 Å². The second-order valence-corrected chi connectivity index (χ2v) is 13.2. The molecule has 0 N–H and O–H groups in total. The van der Waals surface area contributed by atoms with Crippen LogP contribution in [0.5, 0.6) is 5.75 Å². The van der Waals surface area contributed by atoms with Gasteiger partial charge in [0, 0.05) is 46.3 Å². The Labute approximate surface area is 244 Å². The van der Waals surface area contributed by atoms with E-state index in [0.29, 0.717) is 54.6 Å². The average Bonchev–Trinajstić information content (AvgIpc) is 3.22. The lowest BCUT2D eigenvalue weighted by atomic mass is 9.99. The highest BCUT2D eigenvalue weighted by atomic mass is 35.5. The number of nitrogens with zero attached hydrogens (tertiary/aromatic N) is 6. The van der Waals surface area contributed by atoms with Crippen molar-refractivity contribution < 1.29 is 22.7 Å². The van der Waals surface area contributed by atoms with E-state index >= 15 is 0 Å². The van der Waals surface area contributed by atoms with Crippen molar-refractivity contribution in [1.82, 2.24) is 23.3 Å². The zero-order valence-electron chi connectivity index (χ0n) is 23.1. The zero-order chi connectivity index (χ0) is 29.1. The van der Waals surface area contributed by atoms with Crippen LogP contribution >= 0.6 is 11.6 Å². The largest absolute Gasteiger partial charge is 0.489 e. The van der Waals surface area contributed by atoms with Gasteiger partial charge in [0.1, 0.15) is 23.6 Å². The molecule has 0 bridgehead atoms. The van der Waals surface area contributed by atoms with Crippen molar-refractivity contribution in [2.75, 3.05) is 45.7 Å². The van der Waals surface area contributed by atoms with E-state index in [1.165, 1.54) is 32.5 Å². The fourth-order valence-electron chi connectivity index (χ4n) is 5.66. The van der Waals surface area contributed by atoms with Crippen LogP contribution in [0, 0.1) is 0 Å². The summed E-state index contributed by atoms with van der Waals surface area (Å²) in [6.07, 6.45) is 1.000. The lowest BCUT2D eigenvalue weighted by Crippen LogP contribution is -2.54. The van der Waals surface area contributed by atoms with Gasteiger partial charge in [0.05, 0.1) is 12.2 Å². The van der Waals surface area contributed by atoms with Crippen LogP contribution in [-0.2, 0) is 40.9 Å². The number of hydrogen-bond donors (Lipinski definition) is 0. The zero-order valence-corrected chi connectivity index (χ0v) is 24.7. The monoisotopic (exact) mass is 598 g/mol. The van der Waals surface area contributed by atoms with Crippen LogP contribution < -0.4 is 9.64 Å². The first-order chi connectivity index (χ1) is 19.6. The molecule has 4 heterocycles. The molecule has 1 atom stereocenters. The Morgan fingerprint density at radius 2 is 1.83 bits per heavy atom. The normalized spacial score (nSPS) is 19.5. The quantitative estimate of drug-likeness (QED) is 0.445. The lowest BCUT2D eigenvalue weighted by molar-refractivity contribution is -0.123. The van der Waals surface area contributed by atoms with E-state index in [1.54, 1.807) is 11.7 Å². The summed E-state index contributed by atoms with van der Waals surface area (Å²) in [6, 6.07) is 12.6. The maximum absolute atomic E-state index is 13.7. The topological polar surface area (TPSA) is 108 Å². The predicted molar refractivity (Wildman–Crippen MR) is 153 cm³/mol. The lowest BCUT2D eigenvalue weighted by Gasteiger charge is -2.33. The average molecular weight is 599 g/mol. The van der Waals surface area contributed by atoms with Crippen molar-refractivity contribution in [3.8, 4) is 5.75 Å². The van der Waals surface area contributed by atoms with Gasteiger partial charge in [-0.3, -0.25) is 9.59 Å². The fraction of sp³-hybridized carbons (Fsp3) is 0.393. The molecule has 6 rings (SSSR count). The van der Waals surface area contributed by atoms with Crippen LogP contribution in [0.3, 0.4) is 0 Å². The molecule has 0 spiro atoms. The number of carbonyl (C=O) groups excluding carboxylic acids is 2. The van der Waals surface area contributed by atoms with Gasteiger partial charge in [-0.25, -0.2) is 4.68 Å². The van der Waals surface area contributed by atoms with Gasteiger partial charge in [-0.05, 0) is 41.7 Å². The number of ether oxygens (including phenoxy) is 1. The molecule has 41 heavy (non-hydrogen) atoms. The molecule has 3 aromatic rings. The molecule has 0 saturated carbocycles. The van der Waals surface area contributed by atoms with Gasteiger partial charge in [-0.15, -0.1) is 0 Å². The van der Waals surface area contributed by atoms with Crippen LogP contribution in [0.2, 0.25) is 5.15 Å². The molecule has 11 nitrogen and oxygen atoms in total. The molecule has 0 aliphatic carbocycles. The Kier molecular flexibility index (Phi) is 7.05. The van der Waals surface area contributed by atoms with Gasteiger partial charge in [-0.2, -0.15) is 22.1 Å². The van der Waals surface area contributed by atoms with Gasteiger partial charge in [-0.1, -0.05) is 41.9 Å². The minimum absolute atomic E-state index is 0.00434. The SMILES string of the molecule is CN1C(=O)[C@@H](N2CCc3c(nn(Cc4ccccc4)c3Cl)C2=O)COc2cc3c(cc21)CN(S(=O)(=O)N(C)C)CC3. The van der Waals surface area contributed by atoms with E-state index in [9.17, 15) is 18.0 Å². The molecule has 1 aromatic heterocycles. The van der Waals surface area contributed by atoms with Crippen molar-refractivity contribution >= 4 is 39.3 Å². The molecular formula is C28H31ClN6O5S. The summed E-state index contributed by atoms with van der Waals surface area (Å²) >= 11 is 6.63. The molecule has 2 aromatic carbocycles. The van der Waals surface area contributed by atoms with Gasteiger partial charge in [0.2, 0.25) is 0 Å². The molecule has 3 aliphatic heterocycles. The Hall–Kier alpha value is -3.45. The van der Waals surface area contributed by atoms with E-state index in [2.05, 4.69) is 5.10 Å². The number of amides is 2. The first-order valence-corrected chi connectivity index (χ1v) is 15.2. The first-order valence-electron chi connectivity index (χ1n) is 13.4. The molecule has 216 valence electrons. The number of hydrogen-bond acceptors (Lipinski definition) is 6. The van der Waals surface area contributed by atoms with Crippen LogP contribution in [0.4, 0.5) is 5.69 Å². The number of halogens is 1. The highest BCUT2D eigenvalue weighted by molar-refractivity contribution is 7.86. The minimum Gasteiger partial charge on any atom is -0.489 e. The maximum atomic E-state index is 13.7. The predicted octanol–water partition coefficient (Wildman–Crippen LogP) is 2.17. The standard InChI is InChI=1S/C28H31ClN6O5S/c1-31(2)41(38,39)33-11-9-19-14-24-22(13-20(19)16-33)32(3)27(36)23(17-40-24)34-12-10-21-25(28(34)37)30-35(26(21)29)15-18-7-5-4-6-8-18/h4-8,13-14,23H,9-12,15-17H2,1-3H3/t23-/m0/s1. The molecule has 0 radical (unpaired) electrons. The van der Waals surface area contributed by atoms with Crippen LogP contribution in [0.1, 0.15) is 32.7 Å². The van der Waals surface area contributed by atoms with E-state index in [-0.39, 0.29) is 30.7 Å². The third-order valence-electron chi connectivity index (χ3n) is 8.02. The fourth-order valence-corrected chi connectivity index (χ4v) is 7.03. The molecule has 2 amide bonds. The van der Waals surface area contributed by atoms with Gasteiger partial charge in [0.25, 0.3) is 22.0 Å². The van der Waals surface area contributed by atoms with Crippen molar-refractivity contribution in [1.29, 1.82) is 0 Å². The van der Waals surface area contributed by atoms with Crippen molar-refractivity contribution in [3.63, 3.8) is 0 Å². The Bertz CT molecular complexity index is 1640. The second kappa shape index (κ2) is 10.4. The van der Waals surface area contributed by atoms with Crippen molar-refractivity contribution in [2.45, 2.75) is 32.0 Å². The molecule has 0 fully saturated rings. The molecule has 3 aliphatic rings. The Morgan fingerprint density at radius 1 is 1.07 bits per heavy atom. The van der Waals surface area contributed by atoms with Crippen molar-refractivity contribution in [2.24, 2.45) is 0 Å². The Balaban J connectivity index is 1.24. The van der Waals surface area contributed by atoms with Gasteiger partial charge < -0.3 is 14.5 Å². The smallest absolute Gasteiger partial charge is 0.281 e. The number of anilines is 1. The number of fused-ring (bicyclic) bond motifs is 3. The minimum atomic E-state index is -3.57. The van der Waals surface area contributed by atoms with Crippen molar-refractivity contribution in [3.05, 3.63) is 75.6 Å². The number of likely N-dealkylation sites (N-methyl/N-ethyl adjacent to an activating group) is 1. The molecule has 13 heteroatoms. The number of rotatable bonds is 5. The summed E-state index contributed by atoms with van der Waals surface area (Å²) in [5, 5.41) is 4.97. The Morgan fingerprint density at radius 3 is 2.56 bits per heavy atom. The summed E-state index contributed by atoms with van der Waals surface area (Å²) in [7, 11) is 1.09. The summed E-state index contributed by atoms with van der Waals surface area (Å²) in [6.45, 7) is 1.29. The summed E-state index contributed by atoms with van der Waals surface area (Å²) < 4.78 is 35.8. The highest BCUT2D eigenvalue weighted by Gasteiger charge is 2.41. The van der Waals surface area contributed by atoms with Crippen LogP contribution in [-0.4, -0.2) is 90.4 Å². The number of benzene rings is 2. The van der Waals surface area contributed by atoms with Gasteiger partial charge >= 0.3 is 0 Å². The summed E-state index contributed by atoms with van der Waals surface area (Å²) in [5.41, 5.74) is 4.29. The first kappa shape index (κ1) is 27.7. The summed E-state index contributed by atoms with van der Waals surface area (Å²) in [5.74, 6) is -0.111. The third-order valence-corrected chi connectivity index (χ3v) is 10.3. The van der Waals surface area contributed by atoms with E-state index in [0.717, 1.165) is 16.7 Å². The second-order valence-electron chi connectivity index (χ2n) is 10.7. The number of aromatic nitrogens is 2. The van der Waals surface area contributed by atoms with Crippen LogP contribution in [0.15, 0.2) is 42.5 Å². The summed E-state index contributed by atoms with van der Waals surface area (Å²) in [4.78, 5) is 30.4. The van der Waals surface area contributed by atoms with E-state index in [1.807, 2.05) is 42.5 Å². The van der Waals surface area contributed by atoms with E-state index in [4.69, 9.17) is 16.3 Å². The van der Waals surface area contributed by atoms with E-state index < -0.39 is 16.3 Å². The molecular weight excluding hydrogens is 568 g/mol.